The first-order valence-electron chi connectivity index (χ1n) is 6.41. The van der Waals surface area contributed by atoms with Crippen molar-refractivity contribution in [2.75, 3.05) is 7.11 Å². The second-order valence-electron chi connectivity index (χ2n) is 4.55. The standard InChI is InChI=1S/C8H8O3.C7H11NO2/c9-7(8(10)11)6-4-2-1-3-5-6;1-10-7(9)5-2-3-6(8)4-5/h1-5,7,9H,(H,10,11);2-3,5-6H,4,8H2,1H3/p-1/t7-;5-,6+/m11/s1. The molecule has 3 N–H and O–H groups in total. The van der Waals surface area contributed by atoms with Gasteiger partial charge in [0, 0.05) is 6.04 Å². The Morgan fingerprint density at radius 3 is 2.38 bits per heavy atom. The van der Waals surface area contributed by atoms with Crippen LogP contribution in [0.4, 0.5) is 0 Å². The number of ether oxygens (including phenoxy) is 1. The number of nitrogens with two attached hydrogens (primary N) is 1. The van der Waals surface area contributed by atoms with E-state index in [9.17, 15) is 14.7 Å². The molecule has 0 aliphatic heterocycles. The highest BCUT2D eigenvalue weighted by atomic mass is 16.5. The van der Waals surface area contributed by atoms with E-state index in [2.05, 4.69) is 4.74 Å². The molecule has 0 unspecified atom stereocenters. The first-order valence-corrected chi connectivity index (χ1v) is 6.41. The molecule has 6 nitrogen and oxygen atoms in total. The van der Waals surface area contributed by atoms with Crippen molar-refractivity contribution in [2.24, 2.45) is 11.7 Å². The minimum absolute atomic E-state index is 0.0316. The predicted molar refractivity (Wildman–Crippen MR) is 73.6 cm³/mol. The van der Waals surface area contributed by atoms with E-state index in [1.807, 2.05) is 6.08 Å². The molecule has 0 spiro atoms. The van der Waals surface area contributed by atoms with Gasteiger partial charge in [-0.25, -0.2) is 0 Å². The molecule has 0 radical (unpaired) electrons. The van der Waals surface area contributed by atoms with E-state index in [0.29, 0.717) is 12.0 Å². The number of aliphatic carboxylic acids is 1. The number of carboxylic acid groups (broad SMARTS) is 1. The maximum absolute atomic E-state index is 10.8. The Morgan fingerprint density at radius 2 is 1.95 bits per heavy atom. The van der Waals surface area contributed by atoms with Gasteiger partial charge in [-0.1, -0.05) is 42.5 Å². The molecule has 1 aromatic carbocycles. The maximum atomic E-state index is 10.8. The van der Waals surface area contributed by atoms with E-state index in [0.717, 1.165) is 0 Å². The number of carboxylic acids is 1. The van der Waals surface area contributed by atoms with Crippen molar-refractivity contribution in [1.82, 2.24) is 0 Å². The highest BCUT2D eigenvalue weighted by Gasteiger charge is 2.22. The number of hydrogen-bond donors (Lipinski definition) is 2. The quantitative estimate of drug-likeness (QED) is 0.575. The zero-order valence-corrected chi connectivity index (χ0v) is 11.6. The van der Waals surface area contributed by atoms with Crippen LogP contribution in [0.1, 0.15) is 18.1 Å². The summed E-state index contributed by atoms with van der Waals surface area (Å²) in [5.74, 6) is -1.78. The Kier molecular flexibility index (Phi) is 6.58. The van der Waals surface area contributed by atoms with E-state index >= 15 is 0 Å². The lowest BCUT2D eigenvalue weighted by Gasteiger charge is -2.10. The molecule has 1 aliphatic carbocycles. The smallest absolute Gasteiger partial charge is 0.312 e. The molecule has 0 saturated carbocycles. The number of methoxy groups -OCH3 is 1. The van der Waals surface area contributed by atoms with Crippen LogP contribution in [-0.2, 0) is 14.3 Å². The molecule has 2 rings (SSSR count). The maximum Gasteiger partial charge on any atom is 0.312 e. The third kappa shape index (κ3) is 5.37. The molecule has 0 fully saturated rings. The van der Waals surface area contributed by atoms with Gasteiger partial charge >= 0.3 is 5.97 Å². The Bertz CT molecular complexity index is 500. The van der Waals surface area contributed by atoms with Crippen LogP contribution < -0.4 is 10.8 Å². The van der Waals surface area contributed by atoms with Gasteiger partial charge in [0.25, 0.3) is 0 Å². The van der Waals surface area contributed by atoms with Crippen molar-refractivity contribution in [3.8, 4) is 0 Å². The number of aliphatic hydroxyl groups is 1. The van der Waals surface area contributed by atoms with Crippen LogP contribution in [0.15, 0.2) is 42.5 Å². The third-order valence-corrected chi connectivity index (χ3v) is 2.96. The molecular weight excluding hydrogens is 274 g/mol. The van der Waals surface area contributed by atoms with Crippen molar-refractivity contribution < 1.29 is 24.5 Å². The first kappa shape index (κ1) is 16.9. The topological polar surface area (TPSA) is 113 Å². The van der Waals surface area contributed by atoms with Gasteiger partial charge in [0.2, 0.25) is 0 Å². The summed E-state index contributed by atoms with van der Waals surface area (Å²) in [6, 6.07) is 8.14. The summed E-state index contributed by atoms with van der Waals surface area (Å²) in [5, 5.41) is 19.1. The highest BCUT2D eigenvalue weighted by Crippen LogP contribution is 2.17. The van der Waals surface area contributed by atoms with Crippen LogP contribution in [0.3, 0.4) is 0 Å². The van der Waals surface area contributed by atoms with Gasteiger partial charge in [0.05, 0.1) is 19.0 Å². The number of carbonyl (C=O) groups is 2. The summed E-state index contributed by atoms with van der Waals surface area (Å²) in [6.45, 7) is 0. The summed E-state index contributed by atoms with van der Waals surface area (Å²) < 4.78 is 4.54. The zero-order chi connectivity index (χ0) is 15.8. The normalized spacial score (nSPS) is 21.1. The van der Waals surface area contributed by atoms with Gasteiger partial charge in [-0.3, -0.25) is 4.79 Å². The fourth-order valence-corrected chi connectivity index (χ4v) is 1.82. The van der Waals surface area contributed by atoms with E-state index in [4.69, 9.17) is 10.8 Å². The molecule has 0 bridgehead atoms. The van der Waals surface area contributed by atoms with Gasteiger partial charge in [0.15, 0.2) is 0 Å². The molecule has 0 amide bonds. The van der Waals surface area contributed by atoms with Crippen molar-refractivity contribution in [1.29, 1.82) is 0 Å². The SMILES string of the molecule is COC(=O)[C@@H]1C=C[C@H](N)C1.O=C([O-])[C@H](O)c1ccccc1. The molecule has 1 aromatic rings. The van der Waals surface area contributed by atoms with Crippen molar-refractivity contribution in [3.05, 3.63) is 48.0 Å². The van der Waals surface area contributed by atoms with Crippen LogP contribution in [0.25, 0.3) is 0 Å². The molecule has 0 heterocycles. The Labute approximate surface area is 122 Å². The van der Waals surface area contributed by atoms with E-state index < -0.39 is 12.1 Å². The zero-order valence-electron chi connectivity index (χ0n) is 11.6. The molecule has 0 saturated heterocycles. The second-order valence-corrected chi connectivity index (χ2v) is 4.55. The van der Waals surface area contributed by atoms with Crippen molar-refractivity contribution >= 4 is 11.9 Å². The lowest BCUT2D eigenvalue weighted by Crippen LogP contribution is -2.29. The fourth-order valence-electron chi connectivity index (χ4n) is 1.82. The van der Waals surface area contributed by atoms with Crippen LogP contribution in [0.5, 0.6) is 0 Å². The number of hydrogen-bond acceptors (Lipinski definition) is 6. The monoisotopic (exact) mass is 292 g/mol. The summed E-state index contributed by atoms with van der Waals surface area (Å²) >= 11 is 0. The van der Waals surface area contributed by atoms with Gasteiger partial charge in [-0.15, -0.1) is 0 Å². The highest BCUT2D eigenvalue weighted by molar-refractivity contribution is 5.75. The largest absolute Gasteiger partial charge is 0.547 e. The predicted octanol–water partition coefficient (Wildman–Crippen LogP) is -0.467. The van der Waals surface area contributed by atoms with E-state index in [1.54, 1.807) is 24.3 Å². The van der Waals surface area contributed by atoms with Gasteiger partial charge < -0.3 is 25.5 Å². The van der Waals surface area contributed by atoms with Gasteiger partial charge in [-0.05, 0) is 12.0 Å². The summed E-state index contributed by atoms with van der Waals surface area (Å²) in [6.07, 6.45) is 2.81. The van der Waals surface area contributed by atoms with Crippen LogP contribution in [0.2, 0.25) is 0 Å². The first-order chi connectivity index (χ1) is 9.95. The molecular formula is C15H18NO5-. The number of aliphatic hydroxyl groups excluding tert-OH is 1. The molecule has 114 valence electrons. The number of benzene rings is 1. The van der Waals surface area contributed by atoms with Crippen molar-refractivity contribution in [2.45, 2.75) is 18.6 Å². The Morgan fingerprint density at radius 1 is 1.33 bits per heavy atom. The molecule has 1 aliphatic rings. The molecule has 0 aromatic heterocycles. The van der Waals surface area contributed by atoms with Crippen LogP contribution in [-0.4, -0.2) is 30.2 Å². The lowest BCUT2D eigenvalue weighted by molar-refractivity contribution is -0.315. The summed E-state index contributed by atoms with van der Waals surface area (Å²) in [7, 11) is 1.39. The summed E-state index contributed by atoms with van der Waals surface area (Å²) in [5.41, 5.74) is 5.86. The Balaban J connectivity index is 0.000000211. The number of carbonyl (C=O) groups excluding carboxylic acids is 2. The fraction of sp³-hybridized carbons (Fsp3) is 0.333. The lowest BCUT2D eigenvalue weighted by atomic mass is 10.1. The van der Waals surface area contributed by atoms with Gasteiger partial charge in [-0.2, -0.15) is 0 Å². The molecule has 3 atom stereocenters. The second kappa shape index (κ2) is 8.18. The van der Waals surface area contributed by atoms with Crippen LogP contribution >= 0.6 is 0 Å². The van der Waals surface area contributed by atoms with Crippen LogP contribution in [0, 0.1) is 5.92 Å². The Hall–Kier alpha value is -2.18. The molecule has 6 heteroatoms. The van der Waals surface area contributed by atoms with Gasteiger partial charge in [0.1, 0.15) is 6.10 Å². The number of esters is 1. The minimum atomic E-state index is -1.52. The van der Waals surface area contributed by atoms with Crippen molar-refractivity contribution in [3.63, 3.8) is 0 Å². The number of rotatable bonds is 3. The third-order valence-electron chi connectivity index (χ3n) is 2.96. The van der Waals surface area contributed by atoms with E-state index in [1.165, 1.54) is 19.2 Å². The average molecular weight is 292 g/mol. The average Bonchev–Trinajstić information content (AvgIpc) is 2.93. The van der Waals surface area contributed by atoms with E-state index in [-0.39, 0.29) is 17.9 Å². The minimum Gasteiger partial charge on any atom is -0.547 e. The summed E-state index contributed by atoms with van der Waals surface area (Å²) in [4.78, 5) is 21.0. The molecule has 21 heavy (non-hydrogen) atoms.